The Morgan fingerprint density at radius 1 is 0.861 bits per heavy atom. The lowest BCUT2D eigenvalue weighted by molar-refractivity contribution is -0.384. The summed E-state index contributed by atoms with van der Waals surface area (Å²) in [7, 11) is 1.62. The van der Waals surface area contributed by atoms with Crippen LogP contribution >= 0.6 is 0 Å². The van der Waals surface area contributed by atoms with Gasteiger partial charge in [-0.2, -0.15) is 0 Å². The molecule has 4 rings (SSSR count). The molecule has 0 fully saturated rings. The highest BCUT2D eigenvalue weighted by atomic mass is 16.6. The fourth-order valence-corrected chi connectivity index (χ4v) is 3.04. The molecule has 7 heteroatoms. The molecule has 0 amide bonds. The van der Waals surface area contributed by atoms with Gasteiger partial charge < -0.3 is 9.84 Å². The van der Waals surface area contributed by atoms with Gasteiger partial charge in [0.1, 0.15) is 11.5 Å². The van der Waals surface area contributed by atoms with Crippen LogP contribution in [0.3, 0.4) is 0 Å². The maximum absolute atomic E-state index is 10.8. The zero-order valence-corrected chi connectivity index (χ0v) is 19.2. The Morgan fingerprint density at radius 2 is 1.44 bits per heavy atom. The third-order valence-electron chi connectivity index (χ3n) is 4.98. The van der Waals surface area contributed by atoms with Crippen LogP contribution in [0.15, 0.2) is 90.1 Å². The topological polar surface area (TPSA) is 97.9 Å². The molecule has 0 saturated carbocycles. The molecule has 1 N–H and O–H groups in total. The first kappa shape index (κ1) is 23.7. The van der Waals surface area contributed by atoms with Gasteiger partial charge in [-0.3, -0.25) is 10.1 Å². The summed E-state index contributed by atoms with van der Waals surface area (Å²) in [6, 6.07) is 21.9. The predicted molar refractivity (Wildman–Crippen MR) is 138 cm³/mol. The highest BCUT2D eigenvalue weighted by molar-refractivity contribution is 5.85. The quantitative estimate of drug-likeness (QED) is 0.189. The second kappa shape index (κ2) is 11.1. The van der Waals surface area contributed by atoms with Crippen LogP contribution in [0.2, 0.25) is 0 Å². The van der Waals surface area contributed by atoms with Crippen LogP contribution in [-0.2, 0) is 0 Å². The second-order valence-electron chi connectivity index (χ2n) is 7.47. The van der Waals surface area contributed by atoms with Gasteiger partial charge in [0.2, 0.25) is 0 Å². The van der Waals surface area contributed by atoms with Crippen molar-refractivity contribution in [2.24, 2.45) is 4.99 Å². The standard InChI is InChI=1S/C29H19N3O4/c1-36-27-14-8-22(9-15-27)3-5-24-11-17-29(30-19-24)31-20-25-18-23(10-16-28(25)33)4-2-21-6-12-26(13-7-21)32(34)35/h6-20,33H,1H3. The summed E-state index contributed by atoms with van der Waals surface area (Å²) < 4.78 is 5.14. The van der Waals surface area contributed by atoms with Crippen LogP contribution < -0.4 is 4.74 Å². The van der Waals surface area contributed by atoms with Crippen LogP contribution in [-0.4, -0.2) is 28.3 Å². The number of nitro benzene ring substituents is 1. The molecule has 0 spiro atoms. The number of aliphatic imine (C=N–C) groups is 1. The number of phenolic OH excluding ortho intramolecular Hbond substituents is 1. The van der Waals surface area contributed by atoms with Crippen molar-refractivity contribution in [2.75, 3.05) is 7.11 Å². The molecular formula is C29H19N3O4. The molecule has 7 nitrogen and oxygen atoms in total. The minimum absolute atomic E-state index is 0.00890. The number of pyridine rings is 1. The summed E-state index contributed by atoms with van der Waals surface area (Å²) in [5.74, 6) is 13.4. The van der Waals surface area contributed by atoms with Gasteiger partial charge >= 0.3 is 0 Å². The molecule has 0 aliphatic heterocycles. The lowest BCUT2D eigenvalue weighted by Gasteiger charge is -2.00. The molecule has 0 saturated heterocycles. The van der Waals surface area contributed by atoms with Gasteiger partial charge in [0.25, 0.3) is 5.69 Å². The van der Waals surface area contributed by atoms with E-state index in [2.05, 4.69) is 33.7 Å². The Hall–Kier alpha value is -5.40. The molecule has 3 aromatic carbocycles. The molecule has 0 radical (unpaired) electrons. The number of hydrogen-bond acceptors (Lipinski definition) is 6. The van der Waals surface area contributed by atoms with E-state index in [4.69, 9.17) is 4.74 Å². The first-order chi connectivity index (χ1) is 17.5. The van der Waals surface area contributed by atoms with Crippen molar-refractivity contribution >= 4 is 17.7 Å². The molecule has 1 heterocycles. The molecule has 0 aliphatic rings. The monoisotopic (exact) mass is 473 g/mol. The molecule has 0 unspecified atom stereocenters. The van der Waals surface area contributed by atoms with Gasteiger partial charge in [0.05, 0.1) is 12.0 Å². The third kappa shape index (κ3) is 6.34. The molecule has 174 valence electrons. The zero-order chi connectivity index (χ0) is 25.3. The number of hydrogen-bond donors (Lipinski definition) is 1. The van der Waals surface area contributed by atoms with Gasteiger partial charge in [0.15, 0.2) is 5.82 Å². The average Bonchev–Trinajstić information content (AvgIpc) is 2.91. The number of methoxy groups -OCH3 is 1. The minimum Gasteiger partial charge on any atom is -0.507 e. The van der Waals surface area contributed by atoms with Crippen molar-refractivity contribution in [3.05, 3.63) is 123 Å². The van der Waals surface area contributed by atoms with E-state index in [0.717, 1.165) is 16.9 Å². The van der Waals surface area contributed by atoms with Crippen molar-refractivity contribution < 1.29 is 14.8 Å². The number of ether oxygens (including phenoxy) is 1. The predicted octanol–water partition coefficient (Wildman–Crippen LogP) is 5.25. The number of benzene rings is 3. The van der Waals surface area contributed by atoms with Gasteiger partial charge in [-0.1, -0.05) is 23.7 Å². The number of nitrogens with zero attached hydrogens (tertiary/aromatic N) is 3. The van der Waals surface area contributed by atoms with Crippen molar-refractivity contribution in [2.45, 2.75) is 0 Å². The van der Waals surface area contributed by atoms with Gasteiger partial charge in [-0.05, 0) is 66.7 Å². The molecule has 36 heavy (non-hydrogen) atoms. The van der Waals surface area contributed by atoms with Crippen LogP contribution in [0, 0.1) is 33.8 Å². The second-order valence-corrected chi connectivity index (χ2v) is 7.47. The maximum atomic E-state index is 10.8. The summed E-state index contributed by atoms with van der Waals surface area (Å²) in [4.78, 5) is 18.9. The van der Waals surface area contributed by atoms with Gasteiger partial charge in [-0.25, -0.2) is 9.98 Å². The van der Waals surface area contributed by atoms with E-state index in [1.807, 2.05) is 30.3 Å². The largest absolute Gasteiger partial charge is 0.507 e. The van der Waals surface area contributed by atoms with Gasteiger partial charge in [0, 0.05) is 52.4 Å². The van der Waals surface area contributed by atoms with Crippen molar-refractivity contribution in [1.29, 1.82) is 0 Å². The third-order valence-corrected chi connectivity index (χ3v) is 4.98. The van der Waals surface area contributed by atoms with Crippen LogP contribution in [0.5, 0.6) is 11.5 Å². The normalized spacial score (nSPS) is 10.1. The van der Waals surface area contributed by atoms with Crippen LogP contribution in [0.4, 0.5) is 11.5 Å². The SMILES string of the molecule is COc1ccc(C#Cc2ccc(N=Cc3cc(C#Cc4ccc([N+](=O)[O-])cc4)ccc3O)nc2)cc1. The van der Waals surface area contributed by atoms with E-state index in [9.17, 15) is 15.2 Å². The Balaban J connectivity index is 1.45. The fraction of sp³-hybridized carbons (Fsp3) is 0.0345. The molecule has 0 aliphatic carbocycles. The van der Waals surface area contributed by atoms with E-state index in [1.165, 1.54) is 24.4 Å². The lowest BCUT2D eigenvalue weighted by atomic mass is 10.1. The minimum atomic E-state index is -0.457. The first-order valence-electron chi connectivity index (χ1n) is 10.8. The highest BCUT2D eigenvalue weighted by Crippen LogP contribution is 2.18. The van der Waals surface area contributed by atoms with E-state index < -0.39 is 4.92 Å². The van der Waals surface area contributed by atoms with E-state index in [-0.39, 0.29) is 11.4 Å². The van der Waals surface area contributed by atoms with E-state index >= 15 is 0 Å². The summed E-state index contributed by atoms with van der Waals surface area (Å²) in [5.41, 5.74) is 3.40. The number of non-ortho nitro benzene ring substituents is 1. The molecule has 0 atom stereocenters. The van der Waals surface area contributed by atoms with Gasteiger partial charge in [-0.15, -0.1) is 0 Å². The van der Waals surface area contributed by atoms with Crippen LogP contribution in [0.1, 0.15) is 27.8 Å². The van der Waals surface area contributed by atoms with E-state index in [1.54, 1.807) is 43.6 Å². The average molecular weight is 473 g/mol. The molecular weight excluding hydrogens is 454 g/mol. The Kier molecular flexibility index (Phi) is 7.35. The fourth-order valence-electron chi connectivity index (χ4n) is 3.04. The van der Waals surface area contributed by atoms with Crippen molar-refractivity contribution in [3.8, 4) is 35.2 Å². The number of aromatic nitrogens is 1. The number of nitro groups is 1. The number of rotatable bonds is 4. The zero-order valence-electron chi connectivity index (χ0n) is 19.2. The maximum Gasteiger partial charge on any atom is 0.269 e. The molecule has 4 aromatic rings. The molecule has 0 bridgehead atoms. The Morgan fingerprint density at radius 3 is 2.06 bits per heavy atom. The van der Waals surface area contributed by atoms with Crippen molar-refractivity contribution in [1.82, 2.24) is 4.98 Å². The summed E-state index contributed by atoms with van der Waals surface area (Å²) >= 11 is 0. The first-order valence-corrected chi connectivity index (χ1v) is 10.8. The summed E-state index contributed by atoms with van der Waals surface area (Å²) in [6.07, 6.45) is 3.15. The summed E-state index contributed by atoms with van der Waals surface area (Å²) in [5, 5.41) is 20.9. The molecule has 1 aromatic heterocycles. The summed E-state index contributed by atoms with van der Waals surface area (Å²) in [6.45, 7) is 0. The number of phenols is 1. The Bertz CT molecular complexity index is 1540. The lowest BCUT2D eigenvalue weighted by Crippen LogP contribution is -1.87. The highest BCUT2D eigenvalue weighted by Gasteiger charge is 2.03. The van der Waals surface area contributed by atoms with E-state index in [0.29, 0.717) is 22.5 Å². The smallest absolute Gasteiger partial charge is 0.269 e. The van der Waals surface area contributed by atoms with Crippen molar-refractivity contribution in [3.63, 3.8) is 0 Å². The van der Waals surface area contributed by atoms with Crippen LogP contribution in [0.25, 0.3) is 0 Å². The number of aromatic hydroxyl groups is 1. The Labute approximate surface area is 207 Å².